The number of amides is 1. The van der Waals surface area contributed by atoms with Crippen LogP contribution in [0.4, 0.5) is 5.69 Å². The molecule has 2 aliphatic rings. The molecule has 2 N–H and O–H groups in total. The molecule has 2 bridgehead atoms. The summed E-state index contributed by atoms with van der Waals surface area (Å²) in [6.07, 6.45) is 4.67. The first-order valence-corrected chi connectivity index (χ1v) is 6.96. The van der Waals surface area contributed by atoms with Crippen molar-refractivity contribution in [2.75, 3.05) is 12.4 Å². The average Bonchev–Trinajstić information content (AvgIpc) is 3.08. The smallest absolute Gasteiger partial charge is 0.307 e. The van der Waals surface area contributed by atoms with Crippen molar-refractivity contribution in [1.82, 2.24) is 0 Å². The number of aliphatic carboxylic acids is 1. The first-order chi connectivity index (χ1) is 10.1. The SMILES string of the molecule is COc1ccc(NC(=O)[C@@H]2[C@@H](C(=O)O)[C@H]3C=C[C@@H]2C3)cc1. The molecule has 0 heterocycles. The number of rotatable bonds is 4. The van der Waals surface area contributed by atoms with E-state index in [1.165, 1.54) is 0 Å². The molecule has 1 aromatic rings. The van der Waals surface area contributed by atoms with Crippen molar-refractivity contribution < 1.29 is 19.4 Å². The van der Waals surface area contributed by atoms with Crippen molar-refractivity contribution in [2.24, 2.45) is 23.7 Å². The number of nitrogens with one attached hydrogen (secondary N) is 1. The zero-order valence-electron chi connectivity index (χ0n) is 11.7. The van der Waals surface area contributed by atoms with Crippen molar-refractivity contribution >= 4 is 17.6 Å². The zero-order chi connectivity index (χ0) is 15.0. The van der Waals surface area contributed by atoms with Crippen LogP contribution in [0.3, 0.4) is 0 Å². The molecule has 0 aromatic heterocycles. The maximum absolute atomic E-state index is 12.4. The third-order valence-corrected chi connectivity index (χ3v) is 4.40. The highest BCUT2D eigenvalue weighted by Crippen LogP contribution is 2.48. The van der Waals surface area contributed by atoms with Gasteiger partial charge in [-0.15, -0.1) is 0 Å². The van der Waals surface area contributed by atoms with E-state index in [-0.39, 0.29) is 17.7 Å². The molecule has 0 saturated heterocycles. The van der Waals surface area contributed by atoms with Crippen LogP contribution in [0.15, 0.2) is 36.4 Å². The van der Waals surface area contributed by atoms with Gasteiger partial charge in [0.05, 0.1) is 18.9 Å². The summed E-state index contributed by atoms with van der Waals surface area (Å²) in [4.78, 5) is 23.8. The Hall–Kier alpha value is -2.30. The van der Waals surface area contributed by atoms with Gasteiger partial charge in [-0.2, -0.15) is 0 Å². The molecule has 1 aromatic carbocycles. The van der Waals surface area contributed by atoms with Gasteiger partial charge < -0.3 is 15.2 Å². The lowest BCUT2D eigenvalue weighted by atomic mass is 9.82. The molecule has 21 heavy (non-hydrogen) atoms. The lowest BCUT2D eigenvalue weighted by Gasteiger charge is -2.23. The largest absolute Gasteiger partial charge is 0.497 e. The third kappa shape index (κ3) is 2.39. The number of carbonyl (C=O) groups is 2. The van der Waals surface area contributed by atoms with Gasteiger partial charge in [-0.25, -0.2) is 0 Å². The van der Waals surface area contributed by atoms with Gasteiger partial charge in [0.1, 0.15) is 5.75 Å². The summed E-state index contributed by atoms with van der Waals surface area (Å²) in [5.41, 5.74) is 0.650. The Labute approximate surface area is 122 Å². The van der Waals surface area contributed by atoms with Gasteiger partial charge in [-0.05, 0) is 42.5 Å². The van der Waals surface area contributed by atoms with Crippen LogP contribution in [-0.2, 0) is 9.59 Å². The molecule has 0 unspecified atom stereocenters. The van der Waals surface area contributed by atoms with Crippen molar-refractivity contribution in [1.29, 1.82) is 0 Å². The topological polar surface area (TPSA) is 75.6 Å². The van der Waals surface area contributed by atoms with Crippen molar-refractivity contribution in [3.05, 3.63) is 36.4 Å². The van der Waals surface area contributed by atoms with Crippen LogP contribution in [-0.4, -0.2) is 24.1 Å². The number of benzene rings is 1. The van der Waals surface area contributed by atoms with Gasteiger partial charge in [0.2, 0.25) is 5.91 Å². The molecule has 5 heteroatoms. The van der Waals surface area contributed by atoms with Crippen LogP contribution >= 0.6 is 0 Å². The number of allylic oxidation sites excluding steroid dienone is 2. The Morgan fingerprint density at radius 1 is 1.14 bits per heavy atom. The number of methoxy groups -OCH3 is 1. The number of anilines is 1. The van der Waals surface area contributed by atoms with E-state index in [1.54, 1.807) is 31.4 Å². The van der Waals surface area contributed by atoms with E-state index in [0.29, 0.717) is 11.4 Å². The highest BCUT2D eigenvalue weighted by atomic mass is 16.5. The molecule has 1 amide bonds. The number of carboxylic acid groups (broad SMARTS) is 1. The minimum absolute atomic E-state index is 0.0147. The monoisotopic (exact) mass is 287 g/mol. The van der Waals surface area contributed by atoms with Gasteiger partial charge >= 0.3 is 5.97 Å². The second-order valence-electron chi connectivity index (χ2n) is 5.56. The van der Waals surface area contributed by atoms with E-state index in [1.807, 2.05) is 12.2 Å². The Morgan fingerprint density at radius 3 is 2.33 bits per heavy atom. The molecule has 1 fully saturated rings. The molecule has 2 aliphatic carbocycles. The zero-order valence-corrected chi connectivity index (χ0v) is 11.7. The number of fused-ring (bicyclic) bond motifs is 2. The molecular formula is C16H17NO4. The number of hydrogen-bond acceptors (Lipinski definition) is 3. The fourth-order valence-corrected chi connectivity index (χ4v) is 3.42. The minimum Gasteiger partial charge on any atom is -0.497 e. The molecule has 4 atom stereocenters. The van der Waals surface area contributed by atoms with E-state index >= 15 is 0 Å². The van der Waals surface area contributed by atoms with Crippen molar-refractivity contribution in [3.63, 3.8) is 0 Å². The second kappa shape index (κ2) is 5.24. The molecule has 0 radical (unpaired) electrons. The number of hydrogen-bond donors (Lipinski definition) is 2. The predicted octanol–water partition coefficient (Wildman–Crippen LogP) is 2.16. The van der Waals surface area contributed by atoms with Crippen LogP contribution < -0.4 is 10.1 Å². The summed E-state index contributed by atoms with van der Waals surface area (Å²) >= 11 is 0. The minimum atomic E-state index is -0.887. The maximum Gasteiger partial charge on any atom is 0.307 e. The van der Waals surface area contributed by atoms with Crippen LogP contribution in [0.5, 0.6) is 5.75 Å². The van der Waals surface area contributed by atoms with E-state index in [0.717, 1.165) is 6.42 Å². The van der Waals surface area contributed by atoms with Gasteiger partial charge in [-0.3, -0.25) is 9.59 Å². The van der Waals surface area contributed by atoms with Gasteiger partial charge in [0.15, 0.2) is 0 Å². The Kier molecular flexibility index (Phi) is 3.41. The summed E-state index contributed by atoms with van der Waals surface area (Å²) < 4.78 is 5.06. The van der Waals surface area contributed by atoms with Gasteiger partial charge in [0.25, 0.3) is 0 Å². The van der Waals surface area contributed by atoms with Crippen LogP contribution in [0.25, 0.3) is 0 Å². The summed E-state index contributed by atoms with van der Waals surface area (Å²) in [7, 11) is 1.58. The Morgan fingerprint density at radius 2 is 1.76 bits per heavy atom. The third-order valence-electron chi connectivity index (χ3n) is 4.40. The van der Waals surface area contributed by atoms with E-state index < -0.39 is 17.8 Å². The molecule has 1 saturated carbocycles. The number of carbonyl (C=O) groups excluding carboxylic acids is 1. The fourth-order valence-electron chi connectivity index (χ4n) is 3.42. The Bertz CT molecular complexity index is 593. The fraction of sp³-hybridized carbons (Fsp3) is 0.375. The molecular weight excluding hydrogens is 270 g/mol. The van der Waals surface area contributed by atoms with Gasteiger partial charge in [0, 0.05) is 5.69 Å². The predicted molar refractivity (Wildman–Crippen MR) is 77.0 cm³/mol. The van der Waals surface area contributed by atoms with E-state index in [9.17, 15) is 14.7 Å². The lowest BCUT2D eigenvalue weighted by Crippen LogP contribution is -2.36. The van der Waals surface area contributed by atoms with Crippen LogP contribution in [0.1, 0.15) is 6.42 Å². The maximum atomic E-state index is 12.4. The van der Waals surface area contributed by atoms with E-state index in [4.69, 9.17) is 4.74 Å². The quantitative estimate of drug-likeness (QED) is 0.832. The number of carboxylic acids is 1. The molecule has 0 spiro atoms. The molecule has 0 aliphatic heterocycles. The van der Waals surface area contributed by atoms with Crippen molar-refractivity contribution in [3.8, 4) is 5.75 Å². The molecule has 110 valence electrons. The van der Waals surface area contributed by atoms with Crippen LogP contribution in [0.2, 0.25) is 0 Å². The van der Waals surface area contributed by atoms with Crippen LogP contribution in [0, 0.1) is 23.7 Å². The summed E-state index contributed by atoms with van der Waals surface area (Å²) in [5, 5.41) is 12.2. The van der Waals surface area contributed by atoms with Gasteiger partial charge in [-0.1, -0.05) is 12.2 Å². The first-order valence-electron chi connectivity index (χ1n) is 6.96. The molecule has 5 nitrogen and oxygen atoms in total. The summed E-state index contributed by atoms with van der Waals surface area (Å²) in [5.74, 6) is -1.48. The second-order valence-corrected chi connectivity index (χ2v) is 5.56. The Balaban J connectivity index is 1.75. The first kappa shape index (κ1) is 13.7. The highest BCUT2D eigenvalue weighted by Gasteiger charge is 2.51. The summed E-state index contributed by atoms with van der Waals surface area (Å²) in [6, 6.07) is 7.00. The summed E-state index contributed by atoms with van der Waals surface area (Å²) in [6.45, 7) is 0. The van der Waals surface area contributed by atoms with E-state index in [2.05, 4.69) is 5.32 Å². The normalized spacial score (nSPS) is 29.4. The highest BCUT2D eigenvalue weighted by molar-refractivity contribution is 5.96. The molecule has 3 rings (SSSR count). The standard InChI is InChI=1S/C16H17NO4/c1-21-12-6-4-11(5-7-12)17-15(18)13-9-2-3-10(8-9)14(13)16(19)20/h2-7,9-10,13-14H,8H2,1H3,(H,17,18)(H,19,20)/t9-,10+,13+,14+/m1/s1. The number of ether oxygens (including phenoxy) is 1. The average molecular weight is 287 g/mol. The lowest BCUT2D eigenvalue weighted by molar-refractivity contribution is -0.146. The van der Waals surface area contributed by atoms with Crippen molar-refractivity contribution in [2.45, 2.75) is 6.42 Å².